The highest BCUT2D eigenvalue weighted by atomic mass is 16.3. The highest BCUT2D eigenvalue weighted by molar-refractivity contribution is 5.91. The molecule has 0 bridgehead atoms. The molecule has 4 aliphatic carbocycles. The van der Waals surface area contributed by atoms with Crippen LogP contribution in [-0.2, 0) is 4.79 Å². The fourth-order valence-electron chi connectivity index (χ4n) is 6.63. The minimum Gasteiger partial charge on any atom is -0.393 e. The van der Waals surface area contributed by atoms with E-state index in [9.17, 15) is 15.0 Å². The molecule has 0 aliphatic heterocycles. The van der Waals surface area contributed by atoms with Crippen LogP contribution in [-0.4, -0.2) is 28.2 Å². The molecule has 4 aliphatic rings. The number of aliphatic hydroxyl groups excluding tert-OH is 2. The normalized spacial score (nSPS) is 52.5. The van der Waals surface area contributed by atoms with E-state index in [2.05, 4.69) is 20.4 Å². The van der Waals surface area contributed by atoms with E-state index >= 15 is 0 Å². The molecule has 3 heteroatoms. The summed E-state index contributed by atoms with van der Waals surface area (Å²) in [6, 6.07) is 0. The van der Waals surface area contributed by atoms with Gasteiger partial charge in [0.15, 0.2) is 5.78 Å². The number of carbonyl (C=O) groups excluding carboxylic acids is 1. The van der Waals surface area contributed by atoms with E-state index in [1.54, 1.807) is 0 Å². The van der Waals surface area contributed by atoms with Crippen LogP contribution < -0.4 is 0 Å². The second-order valence-electron chi connectivity index (χ2n) is 8.93. The molecule has 2 N–H and O–H groups in total. The Morgan fingerprint density at radius 1 is 1.26 bits per heavy atom. The van der Waals surface area contributed by atoms with Gasteiger partial charge in [0.2, 0.25) is 0 Å². The molecule has 3 saturated carbocycles. The molecule has 4 rings (SSSR count). The number of carbonyl (C=O) groups is 1. The van der Waals surface area contributed by atoms with E-state index in [-0.39, 0.29) is 22.5 Å². The molecule has 3 fully saturated rings. The van der Waals surface area contributed by atoms with Crippen molar-refractivity contribution in [1.82, 2.24) is 0 Å². The maximum Gasteiger partial charge on any atom is 0.155 e. The molecule has 0 aromatic heterocycles. The van der Waals surface area contributed by atoms with Gasteiger partial charge in [0.25, 0.3) is 0 Å². The molecule has 0 aromatic carbocycles. The third kappa shape index (κ3) is 1.93. The largest absolute Gasteiger partial charge is 0.393 e. The lowest BCUT2D eigenvalue weighted by Gasteiger charge is -2.59. The average Bonchev–Trinajstić information content (AvgIpc) is 2.71. The van der Waals surface area contributed by atoms with Gasteiger partial charge in [0.05, 0.1) is 12.2 Å². The van der Waals surface area contributed by atoms with Crippen molar-refractivity contribution in [1.29, 1.82) is 0 Å². The van der Waals surface area contributed by atoms with Gasteiger partial charge in [-0.3, -0.25) is 4.79 Å². The lowest BCUT2D eigenvalue weighted by Crippen LogP contribution is -2.57. The van der Waals surface area contributed by atoms with Crippen molar-refractivity contribution in [2.24, 2.45) is 28.6 Å². The third-order valence-electron chi connectivity index (χ3n) is 7.82. The van der Waals surface area contributed by atoms with Gasteiger partial charge in [-0.15, -0.1) is 0 Å². The molecular weight excluding hydrogens is 288 g/mol. The molecule has 0 aromatic rings. The maximum absolute atomic E-state index is 11.8. The Bertz CT molecular complexity index is 606. The van der Waals surface area contributed by atoms with Gasteiger partial charge in [-0.05, 0) is 66.9 Å². The Labute approximate surface area is 138 Å². The van der Waals surface area contributed by atoms with Gasteiger partial charge in [-0.2, -0.15) is 0 Å². The number of hydrogen-bond donors (Lipinski definition) is 2. The second-order valence-corrected chi connectivity index (χ2v) is 8.93. The molecular formula is C20H28O3. The lowest BCUT2D eigenvalue weighted by atomic mass is 9.46. The zero-order valence-corrected chi connectivity index (χ0v) is 14.2. The van der Waals surface area contributed by atoms with Crippen LogP contribution in [0.5, 0.6) is 0 Å². The molecule has 23 heavy (non-hydrogen) atoms. The van der Waals surface area contributed by atoms with Crippen LogP contribution in [0.3, 0.4) is 0 Å². The second kappa shape index (κ2) is 4.80. The Hall–Kier alpha value is -0.930. The fraction of sp³-hybridized carbons (Fsp3) is 0.750. The topological polar surface area (TPSA) is 57.5 Å². The Balaban J connectivity index is 1.76. The van der Waals surface area contributed by atoms with Gasteiger partial charge < -0.3 is 10.2 Å². The summed E-state index contributed by atoms with van der Waals surface area (Å²) in [5, 5.41) is 21.7. The van der Waals surface area contributed by atoms with Crippen molar-refractivity contribution in [3.8, 4) is 0 Å². The first-order valence-electron chi connectivity index (χ1n) is 9.05. The number of hydrogen-bond acceptors (Lipinski definition) is 3. The maximum atomic E-state index is 11.8. The zero-order valence-electron chi connectivity index (χ0n) is 14.2. The number of rotatable bonds is 0. The summed E-state index contributed by atoms with van der Waals surface area (Å²) in [7, 11) is 0. The van der Waals surface area contributed by atoms with Gasteiger partial charge in [0, 0.05) is 11.8 Å². The van der Waals surface area contributed by atoms with Crippen LogP contribution in [0.2, 0.25) is 0 Å². The van der Waals surface area contributed by atoms with E-state index in [1.165, 1.54) is 5.57 Å². The van der Waals surface area contributed by atoms with Crippen molar-refractivity contribution in [2.75, 3.05) is 0 Å². The summed E-state index contributed by atoms with van der Waals surface area (Å²) in [4.78, 5) is 11.8. The van der Waals surface area contributed by atoms with Crippen molar-refractivity contribution >= 4 is 5.78 Å². The van der Waals surface area contributed by atoms with Gasteiger partial charge >= 0.3 is 0 Å². The van der Waals surface area contributed by atoms with E-state index in [0.717, 1.165) is 31.3 Å². The van der Waals surface area contributed by atoms with Crippen molar-refractivity contribution < 1.29 is 15.0 Å². The quantitative estimate of drug-likeness (QED) is 0.675. The van der Waals surface area contributed by atoms with E-state index in [0.29, 0.717) is 24.7 Å². The first kappa shape index (κ1) is 15.6. The average molecular weight is 316 g/mol. The molecule has 0 amide bonds. The monoisotopic (exact) mass is 316 g/mol. The van der Waals surface area contributed by atoms with Gasteiger partial charge in [0.1, 0.15) is 0 Å². The predicted molar refractivity (Wildman–Crippen MR) is 88.6 cm³/mol. The predicted octanol–water partition coefficient (Wildman–Crippen LogP) is 3.02. The number of allylic oxidation sites excluding steroid dienone is 1. The smallest absolute Gasteiger partial charge is 0.155 e. The molecule has 0 radical (unpaired) electrons. The highest BCUT2D eigenvalue weighted by Crippen LogP contribution is 2.65. The summed E-state index contributed by atoms with van der Waals surface area (Å²) in [6.07, 6.45) is 5.97. The summed E-state index contributed by atoms with van der Waals surface area (Å²) in [5.74, 6) is 1.30. The zero-order chi connectivity index (χ0) is 16.6. The van der Waals surface area contributed by atoms with Crippen molar-refractivity contribution in [3.63, 3.8) is 0 Å². The Morgan fingerprint density at radius 3 is 2.74 bits per heavy atom. The number of fused-ring (bicyclic) bond motifs is 5. The summed E-state index contributed by atoms with van der Waals surface area (Å²) < 4.78 is 0. The summed E-state index contributed by atoms with van der Waals surface area (Å²) >= 11 is 0. The van der Waals surface area contributed by atoms with Crippen molar-refractivity contribution in [2.45, 2.75) is 64.6 Å². The van der Waals surface area contributed by atoms with Crippen molar-refractivity contribution in [3.05, 3.63) is 23.8 Å². The SMILES string of the molecule is C=C1CC2C3CCC4=CC(=O)CC[C@]4(C)C3[C@@H](O)C[C@]2(C)[C@H]1O. The first-order valence-corrected chi connectivity index (χ1v) is 9.05. The molecule has 7 atom stereocenters. The molecule has 3 nitrogen and oxygen atoms in total. The molecule has 0 saturated heterocycles. The minimum absolute atomic E-state index is 0.0492. The Morgan fingerprint density at radius 2 is 2.00 bits per heavy atom. The summed E-state index contributed by atoms with van der Waals surface area (Å²) in [5.41, 5.74) is 1.91. The number of ketones is 1. The molecule has 0 spiro atoms. The highest BCUT2D eigenvalue weighted by Gasteiger charge is 2.62. The minimum atomic E-state index is -0.485. The van der Waals surface area contributed by atoms with Crippen LogP contribution >= 0.6 is 0 Å². The molecule has 0 heterocycles. The van der Waals surface area contributed by atoms with Crippen LogP contribution in [0.15, 0.2) is 23.8 Å². The van der Waals surface area contributed by atoms with Gasteiger partial charge in [-0.25, -0.2) is 0 Å². The number of aliphatic hydroxyl groups is 2. The van der Waals surface area contributed by atoms with Crippen LogP contribution in [0.4, 0.5) is 0 Å². The Kier molecular flexibility index (Phi) is 3.25. The molecule has 126 valence electrons. The van der Waals surface area contributed by atoms with Crippen LogP contribution in [0, 0.1) is 28.6 Å². The van der Waals surface area contributed by atoms with Crippen LogP contribution in [0.1, 0.15) is 52.4 Å². The standard InChI is InChI=1S/C20H28O3/c1-11-8-15-14-5-4-12-9-13(21)6-7-19(12,2)17(14)16(22)10-20(15,3)18(11)23/h9,14-18,22-23H,1,4-8,10H2,2-3H3/t14?,15?,16-,17?,18-,19-,20-/m0/s1. The van der Waals surface area contributed by atoms with E-state index in [1.807, 2.05) is 6.08 Å². The summed E-state index contributed by atoms with van der Waals surface area (Å²) in [6.45, 7) is 8.48. The lowest BCUT2D eigenvalue weighted by molar-refractivity contribution is -0.141. The third-order valence-corrected chi connectivity index (χ3v) is 7.82. The van der Waals surface area contributed by atoms with Gasteiger partial charge in [-0.1, -0.05) is 26.0 Å². The molecule has 3 unspecified atom stereocenters. The first-order chi connectivity index (χ1) is 10.8. The van der Waals surface area contributed by atoms with Crippen LogP contribution in [0.25, 0.3) is 0 Å². The van der Waals surface area contributed by atoms with E-state index < -0.39 is 12.2 Å². The van der Waals surface area contributed by atoms with E-state index in [4.69, 9.17) is 0 Å². The fourth-order valence-corrected chi connectivity index (χ4v) is 6.63.